The molecule has 0 saturated carbocycles. The van der Waals surface area contributed by atoms with Crippen LogP contribution < -0.4 is 4.74 Å². The summed E-state index contributed by atoms with van der Waals surface area (Å²) in [6.07, 6.45) is 0. The second-order valence-corrected chi connectivity index (χ2v) is 8.94. The largest absolute Gasteiger partial charge is 0.491 e. The number of thioether (sulfide) groups is 1. The molecule has 0 spiro atoms. The molecule has 158 valence electrons. The fourth-order valence-corrected chi connectivity index (χ4v) is 4.46. The van der Waals surface area contributed by atoms with Crippen LogP contribution in [0.2, 0.25) is 15.1 Å². The molecule has 4 rings (SSSR count). The highest BCUT2D eigenvalue weighted by molar-refractivity contribution is 7.99. The zero-order valence-corrected chi connectivity index (χ0v) is 19.4. The normalized spacial score (nSPS) is 10.9. The van der Waals surface area contributed by atoms with Crippen LogP contribution in [-0.2, 0) is 6.54 Å². The average Bonchev–Trinajstić information content (AvgIpc) is 3.15. The van der Waals surface area contributed by atoms with Crippen LogP contribution in [0.3, 0.4) is 0 Å². The van der Waals surface area contributed by atoms with E-state index in [4.69, 9.17) is 39.5 Å². The molecule has 0 amide bonds. The fraction of sp³-hybridized carbons (Fsp3) is 0.130. The van der Waals surface area contributed by atoms with Crippen molar-refractivity contribution >= 4 is 46.6 Å². The van der Waals surface area contributed by atoms with Gasteiger partial charge in [0.15, 0.2) is 11.0 Å². The highest BCUT2D eigenvalue weighted by atomic mass is 35.5. The third-order valence-electron chi connectivity index (χ3n) is 4.48. The Balaban J connectivity index is 1.52. The second kappa shape index (κ2) is 10.4. The van der Waals surface area contributed by atoms with E-state index in [1.54, 1.807) is 30.0 Å². The molecule has 31 heavy (non-hydrogen) atoms. The lowest BCUT2D eigenvalue weighted by Crippen LogP contribution is -2.06. The third kappa shape index (κ3) is 5.55. The molecular weight excluding hydrogens is 473 g/mol. The van der Waals surface area contributed by atoms with Crippen LogP contribution in [0.15, 0.2) is 78.0 Å². The van der Waals surface area contributed by atoms with Gasteiger partial charge >= 0.3 is 0 Å². The van der Waals surface area contributed by atoms with Gasteiger partial charge in [0.1, 0.15) is 5.75 Å². The summed E-state index contributed by atoms with van der Waals surface area (Å²) in [6.45, 7) is 1.10. The van der Waals surface area contributed by atoms with Gasteiger partial charge in [0.25, 0.3) is 0 Å². The summed E-state index contributed by atoms with van der Waals surface area (Å²) in [5, 5.41) is 11.4. The van der Waals surface area contributed by atoms with E-state index in [1.807, 2.05) is 42.5 Å². The monoisotopic (exact) mass is 489 g/mol. The number of ether oxygens (including phenoxy) is 1. The van der Waals surface area contributed by atoms with E-state index in [0.29, 0.717) is 39.7 Å². The molecule has 0 N–H and O–H groups in total. The minimum Gasteiger partial charge on any atom is -0.491 e. The molecule has 0 aliphatic rings. The number of benzene rings is 3. The fourth-order valence-electron chi connectivity index (χ4n) is 3.02. The van der Waals surface area contributed by atoms with Crippen molar-refractivity contribution in [3.05, 3.63) is 93.4 Å². The van der Waals surface area contributed by atoms with E-state index in [9.17, 15) is 0 Å². The maximum Gasteiger partial charge on any atom is 0.191 e. The van der Waals surface area contributed by atoms with Gasteiger partial charge in [-0.3, -0.25) is 4.57 Å². The zero-order valence-electron chi connectivity index (χ0n) is 16.3. The molecule has 0 aliphatic carbocycles. The van der Waals surface area contributed by atoms with Gasteiger partial charge in [-0.05, 0) is 35.9 Å². The van der Waals surface area contributed by atoms with Crippen molar-refractivity contribution in [3.8, 4) is 17.1 Å². The first-order valence-electron chi connectivity index (χ1n) is 9.54. The van der Waals surface area contributed by atoms with E-state index < -0.39 is 0 Å². The van der Waals surface area contributed by atoms with Crippen LogP contribution in [0.1, 0.15) is 5.56 Å². The summed E-state index contributed by atoms with van der Waals surface area (Å²) < 4.78 is 7.87. The van der Waals surface area contributed by atoms with Gasteiger partial charge in [-0.15, -0.1) is 10.2 Å². The van der Waals surface area contributed by atoms with E-state index in [-0.39, 0.29) is 0 Å². The van der Waals surface area contributed by atoms with Crippen molar-refractivity contribution in [2.45, 2.75) is 11.7 Å². The molecule has 0 unspecified atom stereocenters. The first-order valence-corrected chi connectivity index (χ1v) is 11.7. The average molecular weight is 491 g/mol. The number of nitrogens with zero attached hydrogens (tertiary/aromatic N) is 3. The Morgan fingerprint density at radius 3 is 2.39 bits per heavy atom. The Morgan fingerprint density at radius 1 is 0.839 bits per heavy atom. The smallest absolute Gasteiger partial charge is 0.191 e. The van der Waals surface area contributed by atoms with Gasteiger partial charge in [-0.2, -0.15) is 0 Å². The van der Waals surface area contributed by atoms with Crippen LogP contribution in [-0.4, -0.2) is 27.1 Å². The highest BCUT2D eigenvalue weighted by Crippen LogP contribution is 2.31. The summed E-state index contributed by atoms with van der Waals surface area (Å²) in [6, 6.07) is 23.0. The molecule has 0 bridgehead atoms. The summed E-state index contributed by atoms with van der Waals surface area (Å²) in [5.74, 6) is 2.02. The van der Waals surface area contributed by atoms with Crippen molar-refractivity contribution in [2.24, 2.45) is 0 Å². The molecule has 0 atom stereocenters. The Labute approximate surface area is 200 Å². The molecule has 4 nitrogen and oxygen atoms in total. The van der Waals surface area contributed by atoms with Crippen LogP contribution in [0, 0.1) is 0 Å². The maximum absolute atomic E-state index is 6.43. The first-order chi connectivity index (χ1) is 15.1. The molecule has 1 aromatic heterocycles. The molecule has 4 aromatic rings. The molecule has 3 aromatic carbocycles. The Hall–Kier alpha value is -2.18. The molecule has 0 radical (unpaired) electrons. The number of halogens is 3. The first kappa shape index (κ1) is 22.0. The maximum atomic E-state index is 6.43. The topological polar surface area (TPSA) is 39.9 Å². The van der Waals surface area contributed by atoms with Crippen LogP contribution in [0.25, 0.3) is 11.4 Å². The standard InChI is InChI=1S/C23H18Cl3N3OS/c24-17-10-11-21(20(26)14-17)30-12-13-31-23-28-27-22(18-8-4-5-9-19(18)25)29(23)15-16-6-2-1-3-7-16/h1-11,14H,12-13,15H2. The van der Waals surface area contributed by atoms with Gasteiger partial charge in [0, 0.05) is 16.3 Å². The van der Waals surface area contributed by atoms with Crippen molar-refractivity contribution in [2.75, 3.05) is 12.4 Å². The lowest BCUT2D eigenvalue weighted by Gasteiger charge is -2.12. The molecule has 1 heterocycles. The predicted octanol–water partition coefficient (Wildman–Crippen LogP) is 7.12. The summed E-state index contributed by atoms with van der Waals surface area (Å²) in [4.78, 5) is 0. The minimum atomic E-state index is 0.464. The molecular formula is C23H18Cl3N3OS. The van der Waals surface area contributed by atoms with Crippen LogP contribution in [0.5, 0.6) is 5.75 Å². The summed E-state index contributed by atoms with van der Waals surface area (Å²) >= 11 is 20.1. The van der Waals surface area contributed by atoms with Gasteiger partial charge in [0.2, 0.25) is 0 Å². The Bertz CT molecular complexity index is 1170. The van der Waals surface area contributed by atoms with Crippen LogP contribution >= 0.6 is 46.6 Å². The quantitative estimate of drug-likeness (QED) is 0.195. The van der Waals surface area contributed by atoms with Crippen molar-refractivity contribution in [1.29, 1.82) is 0 Å². The van der Waals surface area contributed by atoms with Gasteiger partial charge in [-0.25, -0.2) is 0 Å². The van der Waals surface area contributed by atoms with E-state index in [1.165, 1.54) is 0 Å². The lowest BCUT2D eigenvalue weighted by atomic mass is 10.2. The number of hydrogen-bond donors (Lipinski definition) is 0. The Morgan fingerprint density at radius 2 is 1.61 bits per heavy atom. The lowest BCUT2D eigenvalue weighted by molar-refractivity contribution is 0.344. The second-order valence-electron chi connectivity index (χ2n) is 6.63. The van der Waals surface area contributed by atoms with Crippen molar-refractivity contribution in [1.82, 2.24) is 14.8 Å². The van der Waals surface area contributed by atoms with Crippen LogP contribution in [0.4, 0.5) is 0 Å². The van der Waals surface area contributed by atoms with Gasteiger partial charge < -0.3 is 4.74 Å². The van der Waals surface area contributed by atoms with E-state index >= 15 is 0 Å². The molecule has 0 aliphatic heterocycles. The third-order valence-corrected chi connectivity index (χ3v) is 6.27. The Kier molecular flexibility index (Phi) is 7.41. The minimum absolute atomic E-state index is 0.464. The SMILES string of the molecule is Clc1ccc(OCCSc2nnc(-c3ccccc3Cl)n2Cc2ccccc2)c(Cl)c1. The van der Waals surface area contributed by atoms with Crippen molar-refractivity contribution < 1.29 is 4.74 Å². The summed E-state index contributed by atoms with van der Waals surface area (Å²) in [5.41, 5.74) is 2.00. The molecule has 0 saturated heterocycles. The number of aromatic nitrogens is 3. The van der Waals surface area contributed by atoms with E-state index in [2.05, 4.69) is 26.9 Å². The molecule has 8 heteroatoms. The predicted molar refractivity (Wildman–Crippen MR) is 129 cm³/mol. The van der Waals surface area contributed by atoms with Gasteiger partial charge in [-0.1, -0.05) is 89.0 Å². The van der Waals surface area contributed by atoms with E-state index in [0.717, 1.165) is 22.1 Å². The highest BCUT2D eigenvalue weighted by Gasteiger charge is 2.17. The zero-order chi connectivity index (χ0) is 21.6. The molecule has 0 fully saturated rings. The summed E-state index contributed by atoms with van der Waals surface area (Å²) in [7, 11) is 0. The number of hydrogen-bond acceptors (Lipinski definition) is 4. The van der Waals surface area contributed by atoms with Gasteiger partial charge in [0.05, 0.1) is 23.2 Å². The number of rotatable bonds is 8. The van der Waals surface area contributed by atoms with Crippen molar-refractivity contribution in [3.63, 3.8) is 0 Å².